The number of hydrogen-bond acceptors (Lipinski definition) is 10. The van der Waals surface area contributed by atoms with Gasteiger partial charge in [0.25, 0.3) is 11.1 Å². The van der Waals surface area contributed by atoms with Crippen molar-refractivity contribution in [3.63, 3.8) is 0 Å². The standard InChI is InChI=1S/C13H14N2O4S.C13H14N2O3S.CH2Cl2/c1-2-8-5-9(16)19-12-10(8)11(17)14-13(15-12)20(18)6-7-3-4-7;1-2-8-5-9(16)18-12-10(8)11(17)14-13(15-12)19-6-7-3-4-7;2-1-3/h5,7H,2-4,6H2,1H3,(H,14,15,17);5,7H,2-4,6H2,1H3,(H,14,15,17);1H2. The summed E-state index contributed by atoms with van der Waals surface area (Å²) < 4.78 is 22.1. The molecule has 2 aliphatic carbocycles. The smallest absolute Gasteiger partial charge is 0.337 e. The lowest BCUT2D eigenvalue weighted by atomic mass is 10.1. The number of hydrogen-bond donors (Lipinski definition) is 2. The predicted molar refractivity (Wildman–Crippen MR) is 165 cm³/mol. The molecule has 2 N–H and O–H groups in total. The SMILES string of the molecule is CCc1cc(=O)oc2nc(S(=O)CC3CC3)[nH]c(=O)c12.CCc1cc(=O)oc2nc(SCC3CC3)[nH]c(=O)c12.ClCCl. The number of fused-ring (bicyclic) bond motifs is 2. The van der Waals surface area contributed by atoms with E-state index in [4.69, 9.17) is 32.0 Å². The summed E-state index contributed by atoms with van der Waals surface area (Å²) in [7, 11) is -1.36. The van der Waals surface area contributed by atoms with Gasteiger partial charge in [-0.3, -0.25) is 18.8 Å². The summed E-state index contributed by atoms with van der Waals surface area (Å²) in [5.74, 6) is 2.63. The van der Waals surface area contributed by atoms with E-state index in [1.165, 1.54) is 36.7 Å². The molecule has 4 aromatic heterocycles. The quantitative estimate of drug-likeness (QED) is 0.158. The zero-order chi connectivity index (χ0) is 30.4. The van der Waals surface area contributed by atoms with Crippen LogP contribution in [0.3, 0.4) is 0 Å². The highest BCUT2D eigenvalue weighted by Gasteiger charge is 2.26. The Bertz CT molecular complexity index is 1830. The third-order valence-electron chi connectivity index (χ3n) is 6.56. The van der Waals surface area contributed by atoms with E-state index in [9.17, 15) is 23.4 Å². The molecule has 15 heteroatoms. The Morgan fingerprint density at radius 1 is 0.857 bits per heavy atom. The van der Waals surface area contributed by atoms with Crippen LogP contribution in [-0.4, -0.2) is 41.0 Å². The van der Waals surface area contributed by atoms with Crippen molar-refractivity contribution in [3.8, 4) is 0 Å². The molecule has 2 saturated carbocycles. The van der Waals surface area contributed by atoms with Crippen LogP contribution in [-0.2, 0) is 23.6 Å². The van der Waals surface area contributed by atoms with Crippen molar-refractivity contribution in [2.24, 2.45) is 11.8 Å². The van der Waals surface area contributed by atoms with Gasteiger partial charge in [-0.1, -0.05) is 25.6 Å². The average molecular weight is 658 g/mol. The Kier molecular flexibility index (Phi) is 11.2. The van der Waals surface area contributed by atoms with E-state index < -0.39 is 27.6 Å². The normalized spacial score (nSPS) is 15.0. The van der Waals surface area contributed by atoms with E-state index in [0.717, 1.165) is 24.5 Å². The molecule has 0 amide bonds. The number of aromatic amines is 2. The summed E-state index contributed by atoms with van der Waals surface area (Å²) >= 11 is 11.0. The summed E-state index contributed by atoms with van der Waals surface area (Å²) in [6.07, 6.45) is 5.76. The number of alkyl halides is 2. The largest absolute Gasteiger partial charge is 0.403 e. The highest BCUT2D eigenvalue weighted by molar-refractivity contribution is 7.99. The Morgan fingerprint density at radius 2 is 1.36 bits per heavy atom. The van der Waals surface area contributed by atoms with Gasteiger partial charge in [-0.15, -0.1) is 23.2 Å². The number of halogens is 2. The van der Waals surface area contributed by atoms with Crippen LogP contribution in [0.1, 0.15) is 50.7 Å². The second kappa shape index (κ2) is 14.6. The van der Waals surface area contributed by atoms with Crippen molar-refractivity contribution in [3.05, 3.63) is 64.8 Å². The number of rotatable bonds is 8. The van der Waals surface area contributed by atoms with Gasteiger partial charge >= 0.3 is 11.3 Å². The number of nitrogens with zero attached hydrogens (tertiary/aromatic N) is 2. The first-order valence-electron chi connectivity index (χ1n) is 13.4. The van der Waals surface area contributed by atoms with Crippen molar-refractivity contribution in [2.45, 2.75) is 62.7 Å². The molecule has 0 saturated heterocycles. The number of aryl methyl sites for hydroxylation is 2. The summed E-state index contributed by atoms with van der Waals surface area (Å²) in [6.45, 7) is 3.73. The third kappa shape index (κ3) is 8.42. The first kappa shape index (κ1) is 32.2. The molecule has 226 valence electrons. The van der Waals surface area contributed by atoms with Crippen molar-refractivity contribution in [1.29, 1.82) is 0 Å². The molecule has 2 aliphatic rings. The number of thioether (sulfide) groups is 1. The van der Waals surface area contributed by atoms with Crippen LogP contribution in [0.5, 0.6) is 0 Å². The van der Waals surface area contributed by atoms with Gasteiger partial charge in [0.1, 0.15) is 10.8 Å². The first-order valence-corrected chi connectivity index (χ1v) is 16.8. The molecule has 1 unspecified atom stereocenters. The van der Waals surface area contributed by atoms with Crippen LogP contribution < -0.4 is 22.4 Å². The predicted octanol–water partition coefficient (Wildman–Crippen LogP) is 4.32. The Hall–Kier alpha value is -2.74. The molecule has 0 aromatic carbocycles. The molecule has 6 rings (SSSR count). The van der Waals surface area contributed by atoms with Crippen LogP contribution in [0.15, 0.2) is 50.5 Å². The zero-order valence-corrected chi connectivity index (χ0v) is 26.1. The maximum Gasteiger partial charge on any atom is 0.337 e. The van der Waals surface area contributed by atoms with Crippen LogP contribution >= 0.6 is 35.0 Å². The molecule has 1 atom stereocenters. The van der Waals surface area contributed by atoms with Gasteiger partial charge in [-0.2, -0.15) is 9.97 Å². The molecule has 0 radical (unpaired) electrons. The van der Waals surface area contributed by atoms with Gasteiger partial charge in [-0.05, 0) is 61.5 Å². The maximum atomic E-state index is 12.1. The lowest BCUT2D eigenvalue weighted by Crippen LogP contribution is -2.17. The second-order valence-electron chi connectivity index (χ2n) is 9.80. The van der Waals surface area contributed by atoms with Crippen LogP contribution in [0.25, 0.3) is 22.2 Å². The monoisotopic (exact) mass is 656 g/mol. The second-order valence-corrected chi connectivity index (χ2v) is 13.0. The van der Waals surface area contributed by atoms with Crippen molar-refractivity contribution in [1.82, 2.24) is 19.9 Å². The van der Waals surface area contributed by atoms with Gasteiger partial charge in [-0.25, -0.2) is 9.59 Å². The molecule has 0 spiro atoms. The molecule has 42 heavy (non-hydrogen) atoms. The van der Waals surface area contributed by atoms with E-state index in [1.54, 1.807) is 0 Å². The third-order valence-corrected chi connectivity index (χ3v) is 9.07. The lowest BCUT2D eigenvalue weighted by molar-refractivity contribution is 0.540. The van der Waals surface area contributed by atoms with Gasteiger partial charge in [0.05, 0.1) is 16.1 Å². The highest BCUT2D eigenvalue weighted by atomic mass is 35.5. The molecule has 0 aliphatic heterocycles. The Morgan fingerprint density at radius 3 is 1.86 bits per heavy atom. The van der Waals surface area contributed by atoms with Crippen LogP contribution in [0.4, 0.5) is 0 Å². The first-order chi connectivity index (χ1) is 20.2. The number of nitrogens with one attached hydrogen (secondary N) is 2. The molecule has 11 nitrogen and oxygen atoms in total. The van der Waals surface area contributed by atoms with Crippen molar-refractivity contribution >= 4 is 68.0 Å². The van der Waals surface area contributed by atoms with E-state index in [0.29, 0.717) is 46.2 Å². The van der Waals surface area contributed by atoms with E-state index in [1.807, 2.05) is 13.8 Å². The minimum absolute atomic E-state index is 0.0303. The zero-order valence-electron chi connectivity index (χ0n) is 23.0. The van der Waals surface area contributed by atoms with Gasteiger partial charge in [0, 0.05) is 23.6 Å². The van der Waals surface area contributed by atoms with Crippen LogP contribution in [0.2, 0.25) is 0 Å². The van der Waals surface area contributed by atoms with E-state index >= 15 is 0 Å². The molecule has 4 heterocycles. The maximum absolute atomic E-state index is 12.1. The minimum Gasteiger partial charge on any atom is -0.403 e. The molecule has 4 aromatic rings. The number of H-pyrrole nitrogens is 2. The Balaban J connectivity index is 0.000000177. The minimum atomic E-state index is -1.36. The van der Waals surface area contributed by atoms with Gasteiger partial charge in [0.15, 0.2) is 5.16 Å². The molecule has 0 bridgehead atoms. The Labute approximate surface area is 256 Å². The molecular weight excluding hydrogens is 627 g/mol. The fraction of sp³-hybridized carbons (Fsp3) is 0.481. The summed E-state index contributed by atoms with van der Waals surface area (Å²) in [5, 5.41) is 1.46. The summed E-state index contributed by atoms with van der Waals surface area (Å²) in [5.41, 5.74) is -0.266. The molecular formula is C27H30Cl2N4O7S2. The lowest BCUT2D eigenvalue weighted by Gasteiger charge is -2.04. The van der Waals surface area contributed by atoms with Crippen molar-refractivity contribution < 1.29 is 13.0 Å². The van der Waals surface area contributed by atoms with Gasteiger partial charge < -0.3 is 13.8 Å². The van der Waals surface area contributed by atoms with Crippen molar-refractivity contribution in [2.75, 3.05) is 16.8 Å². The fourth-order valence-electron chi connectivity index (χ4n) is 4.05. The summed E-state index contributed by atoms with van der Waals surface area (Å²) in [6, 6.07) is 2.65. The van der Waals surface area contributed by atoms with E-state index in [2.05, 4.69) is 19.9 Å². The van der Waals surface area contributed by atoms with Gasteiger partial charge in [0.2, 0.25) is 16.6 Å². The summed E-state index contributed by atoms with van der Waals surface area (Å²) in [4.78, 5) is 60.7. The molecule has 2 fully saturated rings. The van der Waals surface area contributed by atoms with E-state index in [-0.39, 0.29) is 32.9 Å². The highest BCUT2D eigenvalue weighted by Crippen LogP contribution is 2.34. The topological polar surface area (TPSA) is 169 Å². The van der Waals surface area contributed by atoms with Crippen LogP contribution in [0, 0.1) is 11.8 Å². The number of aromatic nitrogens is 4. The fourth-order valence-corrected chi connectivity index (χ4v) is 6.40. The average Bonchev–Trinajstić information content (AvgIpc) is 3.87.